The molecule has 1 aliphatic heterocycles. The first-order valence-electron chi connectivity index (χ1n) is 14.0. The van der Waals surface area contributed by atoms with Gasteiger partial charge < -0.3 is 9.47 Å². The van der Waals surface area contributed by atoms with Gasteiger partial charge in [0, 0.05) is 44.8 Å². The molecule has 1 aromatic heterocycles. The number of carbonyl (C=O) groups excluding carboxylic acids is 1. The number of amides is 1. The predicted molar refractivity (Wildman–Crippen MR) is 160 cm³/mol. The van der Waals surface area contributed by atoms with Crippen LogP contribution in [-0.2, 0) is 14.8 Å². The Bertz CT molecular complexity index is 1380. The summed E-state index contributed by atoms with van der Waals surface area (Å²) in [5.74, 6) is 0.461. The average molecular weight is 589 g/mol. The molecule has 0 atom stereocenters. The molecule has 2 aromatic carbocycles. The Morgan fingerprint density at radius 1 is 1.05 bits per heavy atom. The van der Waals surface area contributed by atoms with E-state index >= 15 is 0 Å². The molecule has 4 rings (SSSR count). The lowest BCUT2D eigenvalue weighted by Gasteiger charge is -2.27. The summed E-state index contributed by atoms with van der Waals surface area (Å²) in [6.07, 6.45) is 2.25. The van der Waals surface area contributed by atoms with Crippen LogP contribution in [0, 0.1) is 6.92 Å². The first-order valence-corrected chi connectivity index (χ1v) is 16.2. The quantitative estimate of drug-likeness (QED) is 0.283. The summed E-state index contributed by atoms with van der Waals surface area (Å²) in [6, 6.07) is 10.2. The molecule has 1 aliphatic rings. The second-order valence-electron chi connectivity index (χ2n) is 9.95. The molecule has 0 spiro atoms. The first kappa shape index (κ1) is 30.4. The standard InChI is InChI=1S/C29H40N4O5S2/c1-5-14-32(15-6-2)40(35,36)24-11-9-23(10-12-24)28(34)33(17-7-16-31-18-20-38-21-19-31)29-30-26-25(37-4)13-8-22(3)27(26)39-29/h8-13H,5-7,14-21H2,1-4H3. The number of thiazole rings is 1. The van der Waals surface area contributed by atoms with Gasteiger partial charge in [-0.05, 0) is 62.1 Å². The number of ether oxygens (including phenoxy) is 2. The zero-order valence-electron chi connectivity index (χ0n) is 23.9. The molecule has 3 aromatic rings. The van der Waals surface area contributed by atoms with Crippen LogP contribution >= 0.6 is 11.3 Å². The molecule has 218 valence electrons. The van der Waals surface area contributed by atoms with Crippen molar-refractivity contribution in [1.29, 1.82) is 0 Å². The highest BCUT2D eigenvalue weighted by Crippen LogP contribution is 2.37. The number of rotatable bonds is 13. The zero-order chi connectivity index (χ0) is 28.7. The average Bonchev–Trinajstić information content (AvgIpc) is 3.42. The summed E-state index contributed by atoms with van der Waals surface area (Å²) in [5, 5.41) is 0.600. The van der Waals surface area contributed by atoms with Crippen LogP contribution in [0.1, 0.15) is 49.0 Å². The number of aryl methyl sites for hydroxylation is 1. The third-order valence-electron chi connectivity index (χ3n) is 7.03. The van der Waals surface area contributed by atoms with Gasteiger partial charge >= 0.3 is 0 Å². The Labute approximate surface area is 241 Å². The normalized spacial score (nSPS) is 14.6. The van der Waals surface area contributed by atoms with Crippen LogP contribution in [0.25, 0.3) is 10.2 Å². The van der Waals surface area contributed by atoms with Gasteiger partial charge in [-0.2, -0.15) is 4.31 Å². The van der Waals surface area contributed by atoms with Crippen molar-refractivity contribution in [1.82, 2.24) is 14.2 Å². The van der Waals surface area contributed by atoms with Crippen LogP contribution in [0.3, 0.4) is 0 Å². The maximum Gasteiger partial charge on any atom is 0.260 e. The Morgan fingerprint density at radius 2 is 1.73 bits per heavy atom. The largest absolute Gasteiger partial charge is 0.494 e. The second kappa shape index (κ2) is 13.9. The van der Waals surface area contributed by atoms with Gasteiger partial charge in [0.05, 0.1) is 29.9 Å². The Morgan fingerprint density at radius 3 is 2.35 bits per heavy atom. The lowest BCUT2D eigenvalue weighted by molar-refractivity contribution is 0.0376. The zero-order valence-corrected chi connectivity index (χ0v) is 25.5. The fourth-order valence-electron chi connectivity index (χ4n) is 4.87. The van der Waals surface area contributed by atoms with E-state index in [2.05, 4.69) is 4.90 Å². The molecule has 0 N–H and O–H groups in total. The number of carbonyl (C=O) groups is 1. The lowest BCUT2D eigenvalue weighted by atomic mass is 10.2. The van der Waals surface area contributed by atoms with Crippen molar-refractivity contribution in [3.05, 3.63) is 47.5 Å². The molecular formula is C29H40N4O5S2. The van der Waals surface area contributed by atoms with Crippen molar-refractivity contribution in [3.63, 3.8) is 0 Å². The number of hydrogen-bond donors (Lipinski definition) is 0. The van der Waals surface area contributed by atoms with Gasteiger partial charge in [0.1, 0.15) is 11.3 Å². The second-order valence-corrected chi connectivity index (χ2v) is 12.9. The van der Waals surface area contributed by atoms with Crippen LogP contribution in [0.2, 0.25) is 0 Å². The molecule has 1 saturated heterocycles. The maximum absolute atomic E-state index is 13.9. The molecule has 11 heteroatoms. The number of nitrogens with zero attached hydrogens (tertiary/aromatic N) is 4. The van der Waals surface area contributed by atoms with Gasteiger partial charge in [-0.3, -0.25) is 14.6 Å². The van der Waals surface area contributed by atoms with Gasteiger partial charge in [0.2, 0.25) is 10.0 Å². The molecule has 0 unspecified atom stereocenters. The molecular weight excluding hydrogens is 548 g/mol. The van der Waals surface area contributed by atoms with Gasteiger partial charge in [-0.15, -0.1) is 0 Å². The maximum atomic E-state index is 13.9. The highest BCUT2D eigenvalue weighted by molar-refractivity contribution is 7.89. The van der Waals surface area contributed by atoms with Crippen molar-refractivity contribution in [2.75, 3.05) is 64.5 Å². The van der Waals surface area contributed by atoms with Crippen LogP contribution in [-0.4, -0.2) is 88.1 Å². The molecule has 40 heavy (non-hydrogen) atoms. The summed E-state index contributed by atoms with van der Waals surface area (Å²) in [6.45, 7) is 11.4. The third kappa shape index (κ3) is 6.83. The van der Waals surface area contributed by atoms with E-state index in [1.165, 1.54) is 15.6 Å². The topological polar surface area (TPSA) is 92.3 Å². The number of morpholine rings is 1. The van der Waals surface area contributed by atoms with Crippen LogP contribution in [0.5, 0.6) is 5.75 Å². The molecule has 0 aliphatic carbocycles. The SMILES string of the molecule is CCCN(CCC)S(=O)(=O)c1ccc(C(=O)N(CCCN2CCOCC2)c2nc3c(OC)ccc(C)c3s2)cc1. The van der Waals surface area contributed by atoms with Crippen molar-refractivity contribution in [2.45, 2.75) is 44.9 Å². The number of anilines is 1. The minimum Gasteiger partial charge on any atom is -0.494 e. The number of fused-ring (bicyclic) bond motifs is 1. The van der Waals surface area contributed by atoms with Crippen molar-refractivity contribution >= 4 is 42.6 Å². The van der Waals surface area contributed by atoms with Gasteiger partial charge in [0.15, 0.2) is 5.13 Å². The summed E-state index contributed by atoms with van der Waals surface area (Å²) >= 11 is 1.47. The van der Waals surface area contributed by atoms with E-state index in [9.17, 15) is 13.2 Å². The molecule has 1 fully saturated rings. The van der Waals surface area contributed by atoms with E-state index in [-0.39, 0.29) is 10.8 Å². The Kier molecular flexibility index (Phi) is 10.5. The molecule has 0 bridgehead atoms. The van der Waals surface area contributed by atoms with Gasteiger partial charge in [-0.1, -0.05) is 31.3 Å². The van der Waals surface area contributed by atoms with Gasteiger partial charge in [-0.25, -0.2) is 13.4 Å². The lowest BCUT2D eigenvalue weighted by Crippen LogP contribution is -2.39. The van der Waals surface area contributed by atoms with Crippen LogP contribution in [0.4, 0.5) is 5.13 Å². The van der Waals surface area contributed by atoms with E-state index < -0.39 is 10.0 Å². The van der Waals surface area contributed by atoms with E-state index in [1.807, 2.05) is 32.9 Å². The fourth-order valence-corrected chi connectivity index (χ4v) is 7.57. The third-order valence-corrected chi connectivity index (χ3v) is 10.2. The van der Waals surface area contributed by atoms with E-state index in [1.54, 1.807) is 36.3 Å². The van der Waals surface area contributed by atoms with Crippen molar-refractivity contribution < 1.29 is 22.7 Å². The molecule has 0 radical (unpaired) electrons. The highest BCUT2D eigenvalue weighted by atomic mass is 32.2. The smallest absolute Gasteiger partial charge is 0.260 e. The Hall–Kier alpha value is -2.57. The summed E-state index contributed by atoms with van der Waals surface area (Å²) in [5.41, 5.74) is 2.23. The number of aromatic nitrogens is 1. The minimum atomic E-state index is -3.63. The molecule has 0 saturated carbocycles. The van der Waals surface area contributed by atoms with Crippen molar-refractivity contribution in [2.24, 2.45) is 0 Å². The predicted octanol–water partition coefficient (Wildman–Crippen LogP) is 4.79. The molecule has 1 amide bonds. The summed E-state index contributed by atoms with van der Waals surface area (Å²) in [7, 11) is -2.01. The van der Waals surface area contributed by atoms with E-state index in [0.717, 1.165) is 67.9 Å². The van der Waals surface area contributed by atoms with E-state index in [4.69, 9.17) is 14.5 Å². The number of sulfonamides is 1. The Balaban J connectivity index is 1.62. The van der Waals surface area contributed by atoms with E-state index in [0.29, 0.717) is 36.1 Å². The number of benzene rings is 2. The highest BCUT2D eigenvalue weighted by Gasteiger charge is 2.26. The summed E-state index contributed by atoms with van der Waals surface area (Å²) in [4.78, 5) is 23.0. The number of hydrogen-bond acceptors (Lipinski definition) is 8. The summed E-state index contributed by atoms with van der Waals surface area (Å²) < 4.78 is 40.0. The van der Waals surface area contributed by atoms with Crippen molar-refractivity contribution in [3.8, 4) is 5.75 Å². The molecule has 9 nitrogen and oxygen atoms in total. The van der Waals surface area contributed by atoms with Gasteiger partial charge in [0.25, 0.3) is 5.91 Å². The van der Waals surface area contributed by atoms with Crippen LogP contribution < -0.4 is 9.64 Å². The van der Waals surface area contributed by atoms with Crippen LogP contribution in [0.15, 0.2) is 41.3 Å². The fraction of sp³-hybridized carbons (Fsp3) is 0.517. The monoisotopic (exact) mass is 588 g/mol. The minimum absolute atomic E-state index is 0.199. The molecule has 2 heterocycles. The number of methoxy groups -OCH3 is 1. The first-order chi connectivity index (χ1) is 19.3.